The van der Waals surface area contributed by atoms with Crippen LogP contribution in [0.25, 0.3) is 16.4 Å². The van der Waals surface area contributed by atoms with Gasteiger partial charge in [-0.05, 0) is 0 Å². The van der Waals surface area contributed by atoms with Gasteiger partial charge in [0.2, 0.25) is 0 Å². The highest BCUT2D eigenvalue weighted by Gasteiger charge is 2.15. The summed E-state index contributed by atoms with van der Waals surface area (Å²) in [7, 11) is 0. The predicted octanol–water partition coefficient (Wildman–Crippen LogP) is 3.28. The Bertz CT molecular complexity index is 638. The Hall–Kier alpha value is -1.17. The highest BCUT2D eigenvalue weighted by Crippen LogP contribution is 2.32. The molecule has 3 rings (SSSR count). The number of anilines is 1. The van der Waals surface area contributed by atoms with Gasteiger partial charge in [0.05, 0.1) is 9.21 Å². The first-order valence-corrected chi connectivity index (χ1v) is 7.22. The second kappa shape index (κ2) is 4.84. The molecule has 3 nitrogen and oxygen atoms in total. The fourth-order valence-electron chi connectivity index (χ4n) is 2.13. The summed E-state index contributed by atoms with van der Waals surface area (Å²) in [6.45, 7) is 7.69. The molecule has 0 aromatic carbocycles. The van der Waals surface area contributed by atoms with Crippen molar-refractivity contribution >= 4 is 45.8 Å². The fourth-order valence-corrected chi connectivity index (χ4v) is 3.36. The van der Waals surface area contributed by atoms with Gasteiger partial charge in [0.1, 0.15) is 0 Å². The minimum absolute atomic E-state index is 0.864. The van der Waals surface area contributed by atoms with E-state index in [0.717, 1.165) is 52.4 Å². The molecule has 1 saturated heterocycles. The average molecular weight is 278 g/mol. The van der Waals surface area contributed by atoms with Crippen LogP contribution in [0.5, 0.6) is 0 Å². The van der Waals surface area contributed by atoms with Crippen LogP contribution in [-0.4, -0.2) is 26.2 Å². The van der Waals surface area contributed by atoms with E-state index >= 15 is 0 Å². The summed E-state index contributed by atoms with van der Waals surface area (Å²) in [5.74, 6) is 0.871. The van der Waals surface area contributed by atoms with Crippen molar-refractivity contribution < 1.29 is 4.42 Å². The van der Waals surface area contributed by atoms with E-state index < -0.39 is 0 Å². The summed E-state index contributed by atoms with van der Waals surface area (Å²) < 4.78 is 7.92. The summed E-state index contributed by atoms with van der Waals surface area (Å²) in [6, 6.07) is 1.96. The molecular formula is C13H14N2OS2. The zero-order valence-corrected chi connectivity index (χ0v) is 11.6. The molecule has 0 radical (unpaired) electrons. The molecule has 0 unspecified atom stereocenters. The highest BCUT2D eigenvalue weighted by molar-refractivity contribution is 7.72. The molecule has 0 aliphatic carbocycles. The van der Waals surface area contributed by atoms with Crippen LogP contribution in [0.1, 0.15) is 5.56 Å². The number of piperazine rings is 1. The van der Waals surface area contributed by atoms with Crippen LogP contribution in [0.2, 0.25) is 0 Å². The van der Waals surface area contributed by atoms with E-state index in [1.807, 2.05) is 17.5 Å². The van der Waals surface area contributed by atoms with E-state index in [2.05, 4.69) is 16.8 Å². The maximum absolute atomic E-state index is 6.01. The van der Waals surface area contributed by atoms with Gasteiger partial charge in [-0.2, -0.15) is 0 Å². The molecule has 0 spiro atoms. The number of nitrogens with one attached hydrogen (secondary N) is 1. The molecule has 18 heavy (non-hydrogen) atoms. The maximum atomic E-state index is 6.01. The molecule has 1 fully saturated rings. The molecule has 3 heterocycles. The zero-order chi connectivity index (χ0) is 12.5. The molecule has 94 valence electrons. The van der Waals surface area contributed by atoms with Crippen molar-refractivity contribution in [2.45, 2.75) is 0 Å². The Kier molecular flexibility index (Phi) is 3.20. The standard InChI is InChI=1S/C13H14N2OS2/c1-2-9-8-18-13-10(17)7-11(16-12(9)13)15-5-3-14-4-6-15/h2,7-8,14H,1,3-6H2. The number of hydrogen-bond acceptors (Lipinski definition) is 5. The minimum atomic E-state index is 0.864. The lowest BCUT2D eigenvalue weighted by atomic mass is 10.3. The van der Waals surface area contributed by atoms with Crippen molar-refractivity contribution in [1.29, 1.82) is 0 Å². The van der Waals surface area contributed by atoms with Gasteiger partial charge in [-0.3, -0.25) is 0 Å². The fraction of sp³-hybridized carbons (Fsp3) is 0.308. The van der Waals surface area contributed by atoms with Crippen LogP contribution < -0.4 is 10.2 Å². The average Bonchev–Trinajstić information content (AvgIpc) is 2.83. The quantitative estimate of drug-likeness (QED) is 0.853. The van der Waals surface area contributed by atoms with Gasteiger partial charge in [-0.1, -0.05) is 24.9 Å². The summed E-state index contributed by atoms with van der Waals surface area (Å²) >= 11 is 7.07. The monoisotopic (exact) mass is 278 g/mol. The van der Waals surface area contributed by atoms with Crippen molar-refractivity contribution in [2.24, 2.45) is 0 Å². The molecule has 1 aliphatic rings. The third-order valence-corrected chi connectivity index (χ3v) is 4.57. The third kappa shape index (κ3) is 1.98. The largest absolute Gasteiger partial charge is 0.439 e. The van der Waals surface area contributed by atoms with Gasteiger partial charge >= 0.3 is 0 Å². The Morgan fingerprint density at radius 3 is 2.94 bits per heavy atom. The second-order valence-electron chi connectivity index (χ2n) is 4.24. The SMILES string of the molecule is C=Cc1csc2c(=S)cc(N3CCNCC3)oc12. The number of rotatable bonds is 2. The van der Waals surface area contributed by atoms with Gasteiger partial charge in [0, 0.05) is 43.2 Å². The lowest BCUT2D eigenvalue weighted by molar-refractivity contribution is 0.521. The van der Waals surface area contributed by atoms with Gasteiger partial charge in [0.25, 0.3) is 0 Å². The minimum Gasteiger partial charge on any atom is -0.439 e. The van der Waals surface area contributed by atoms with E-state index in [1.165, 1.54) is 0 Å². The van der Waals surface area contributed by atoms with E-state index in [9.17, 15) is 0 Å². The summed E-state index contributed by atoms with van der Waals surface area (Å²) in [4.78, 5) is 2.23. The molecule has 2 aromatic heterocycles. The second-order valence-corrected chi connectivity index (χ2v) is 5.56. The van der Waals surface area contributed by atoms with Gasteiger partial charge in [0.15, 0.2) is 11.5 Å². The van der Waals surface area contributed by atoms with Crippen molar-refractivity contribution in [3.05, 3.63) is 28.1 Å². The van der Waals surface area contributed by atoms with E-state index in [0.29, 0.717) is 0 Å². The topological polar surface area (TPSA) is 28.4 Å². The summed E-state index contributed by atoms with van der Waals surface area (Å²) in [5, 5.41) is 5.37. The summed E-state index contributed by atoms with van der Waals surface area (Å²) in [6.07, 6.45) is 1.82. The molecule has 1 N–H and O–H groups in total. The smallest absolute Gasteiger partial charge is 0.197 e. The molecule has 0 saturated carbocycles. The molecule has 1 aliphatic heterocycles. The molecular weight excluding hydrogens is 264 g/mol. The Balaban J connectivity index is 2.12. The van der Waals surface area contributed by atoms with Crippen molar-refractivity contribution in [2.75, 3.05) is 31.1 Å². The van der Waals surface area contributed by atoms with Gasteiger partial charge in [-0.15, -0.1) is 11.3 Å². The van der Waals surface area contributed by atoms with Crippen molar-refractivity contribution in [3.63, 3.8) is 0 Å². The van der Waals surface area contributed by atoms with Crippen LogP contribution in [0.15, 0.2) is 22.4 Å². The molecule has 0 amide bonds. The Morgan fingerprint density at radius 2 is 2.22 bits per heavy atom. The molecule has 2 aromatic rings. The van der Waals surface area contributed by atoms with Crippen molar-refractivity contribution in [3.8, 4) is 0 Å². The predicted molar refractivity (Wildman–Crippen MR) is 80.1 cm³/mol. The van der Waals surface area contributed by atoms with Crippen LogP contribution in [0.4, 0.5) is 5.88 Å². The number of hydrogen-bond donors (Lipinski definition) is 1. The zero-order valence-electron chi connectivity index (χ0n) is 9.94. The number of thiophene rings is 1. The highest BCUT2D eigenvalue weighted by atomic mass is 32.1. The lowest BCUT2D eigenvalue weighted by Gasteiger charge is -2.27. The molecule has 0 bridgehead atoms. The van der Waals surface area contributed by atoms with Crippen LogP contribution in [0, 0.1) is 4.51 Å². The first-order chi connectivity index (χ1) is 8.79. The maximum Gasteiger partial charge on any atom is 0.197 e. The van der Waals surface area contributed by atoms with Gasteiger partial charge in [-0.25, -0.2) is 0 Å². The first-order valence-electron chi connectivity index (χ1n) is 5.93. The Morgan fingerprint density at radius 1 is 1.44 bits per heavy atom. The van der Waals surface area contributed by atoms with Crippen LogP contribution >= 0.6 is 23.6 Å². The summed E-state index contributed by atoms with van der Waals surface area (Å²) in [5.41, 5.74) is 1.90. The van der Waals surface area contributed by atoms with Crippen LogP contribution in [0.3, 0.4) is 0 Å². The van der Waals surface area contributed by atoms with E-state index in [-0.39, 0.29) is 0 Å². The third-order valence-electron chi connectivity index (χ3n) is 3.11. The van der Waals surface area contributed by atoms with E-state index in [1.54, 1.807) is 11.3 Å². The first kappa shape index (κ1) is 11.9. The van der Waals surface area contributed by atoms with E-state index in [4.69, 9.17) is 16.6 Å². The van der Waals surface area contributed by atoms with Crippen molar-refractivity contribution in [1.82, 2.24) is 5.32 Å². The molecule has 0 atom stereocenters. The van der Waals surface area contributed by atoms with Crippen LogP contribution in [-0.2, 0) is 0 Å². The van der Waals surface area contributed by atoms with Gasteiger partial charge < -0.3 is 14.6 Å². The lowest BCUT2D eigenvalue weighted by Crippen LogP contribution is -2.43. The Labute approximate surface area is 115 Å². The normalized spacial score (nSPS) is 16.1. The number of fused-ring (bicyclic) bond motifs is 1. The number of nitrogens with zero attached hydrogens (tertiary/aromatic N) is 1. The molecule has 5 heteroatoms.